The molecule has 4 rings (SSSR count). The lowest BCUT2D eigenvalue weighted by molar-refractivity contribution is -0.152. The van der Waals surface area contributed by atoms with Gasteiger partial charge in [-0.25, -0.2) is 0 Å². The number of hydrogen-bond acceptors (Lipinski definition) is 5. The third-order valence-electron chi connectivity index (χ3n) is 6.78. The van der Waals surface area contributed by atoms with Gasteiger partial charge in [0.25, 0.3) is 0 Å². The molecule has 3 fully saturated rings. The van der Waals surface area contributed by atoms with Crippen molar-refractivity contribution in [2.45, 2.75) is 63.9 Å². The summed E-state index contributed by atoms with van der Waals surface area (Å²) in [6, 6.07) is 4.08. The van der Waals surface area contributed by atoms with Crippen molar-refractivity contribution in [2.75, 3.05) is 26.8 Å². The number of hydrogen-bond donors (Lipinski definition) is 1. The van der Waals surface area contributed by atoms with Crippen LogP contribution in [0.3, 0.4) is 0 Å². The number of likely N-dealkylation sites (tertiary alicyclic amines) is 1. The van der Waals surface area contributed by atoms with Crippen LogP contribution in [0, 0.1) is 11.3 Å². The summed E-state index contributed by atoms with van der Waals surface area (Å²) in [5, 5.41) is 9.35. The molecule has 2 aliphatic carbocycles. The maximum absolute atomic E-state index is 12.4. The van der Waals surface area contributed by atoms with Crippen LogP contribution in [0.1, 0.15) is 63.4 Å². The third kappa shape index (κ3) is 3.84. The van der Waals surface area contributed by atoms with Gasteiger partial charge in [0.05, 0.1) is 19.6 Å². The summed E-state index contributed by atoms with van der Waals surface area (Å²) in [5.41, 5.74) is 1.45. The molecule has 154 valence electrons. The summed E-state index contributed by atoms with van der Waals surface area (Å²) in [6.07, 6.45) is 7.47. The molecule has 6 heteroatoms. The first-order valence-electron chi connectivity index (χ1n) is 10.7. The van der Waals surface area contributed by atoms with E-state index < -0.39 is 0 Å². The molecule has 1 spiro atoms. The van der Waals surface area contributed by atoms with Crippen molar-refractivity contribution in [3.8, 4) is 11.8 Å². The van der Waals surface area contributed by atoms with Crippen LogP contribution in [0.2, 0.25) is 0 Å². The molecule has 1 N–H and O–H groups in total. The zero-order valence-electron chi connectivity index (χ0n) is 17.0. The lowest BCUT2D eigenvalue weighted by Crippen LogP contribution is -2.61. The van der Waals surface area contributed by atoms with Crippen molar-refractivity contribution in [3.63, 3.8) is 0 Å². The molecule has 3 aliphatic rings. The minimum atomic E-state index is -0.239. The van der Waals surface area contributed by atoms with Crippen LogP contribution in [0.25, 0.3) is 0 Å². The quantitative estimate of drug-likeness (QED) is 0.777. The van der Waals surface area contributed by atoms with Crippen LogP contribution in [0.4, 0.5) is 0 Å². The zero-order chi connectivity index (χ0) is 19.7. The highest BCUT2D eigenvalue weighted by Gasteiger charge is 2.48. The number of carbonyl (C=O) groups is 1. The first-order valence-corrected chi connectivity index (χ1v) is 10.7. The predicted molar refractivity (Wildman–Crippen MR) is 106 cm³/mol. The summed E-state index contributed by atoms with van der Waals surface area (Å²) in [5.74, 6) is 1.84. The van der Waals surface area contributed by atoms with Crippen molar-refractivity contribution < 1.29 is 19.4 Å². The van der Waals surface area contributed by atoms with E-state index in [1.54, 1.807) is 7.11 Å². The Morgan fingerprint density at radius 2 is 2.00 bits per heavy atom. The van der Waals surface area contributed by atoms with E-state index in [9.17, 15) is 9.90 Å². The minimum absolute atomic E-state index is 0.0508. The Balaban J connectivity index is 1.28. The monoisotopic (exact) mass is 388 g/mol. The van der Waals surface area contributed by atoms with Crippen molar-refractivity contribution in [1.29, 1.82) is 0 Å². The molecule has 0 aromatic carbocycles. The Labute approximate surface area is 167 Å². The second-order valence-electron chi connectivity index (χ2n) is 8.82. The van der Waals surface area contributed by atoms with E-state index in [0.717, 1.165) is 38.8 Å². The van der Waals surface area contributed by atoms with Gasteiger partial charge in [-0.15, -0.1) is 0 Å². The lowest BCUT2D eigenvalue weighted by atomic mass is 9.67. The number of amides is 1. The summed E-state index contributed by atoms with van der Waals surface area (Å²) in [4.78, 5) is 18.9. The molecular formula is C22H32N2O4. The molecule has 1 aromatic rings. The Kier molecular flexibility index (Phi) is 5.50. The van der Waals surface area contributed by atoms with Gasteiger partial charge in [0, 0.05) is 30.1 Å². The minimum Gasteiger partial charge on any atom is -0.481 e. The van der Waals surface area contributed by atoms with E-state index in [1.165, 1.54) is 18.4 Å². The topological polar surface area (TPSA) is 71.9 Å². The summed E-state index contributed by atoms with van der Waals surface area (Å²) in [6.45, 7) is 3.57. The maximum atomic E-state index is 12.4. The third-order valence-corrected chi connectivity index (χ3v) is 6.78. The molecule has 0 unspecified atom stereocenters. The average Bonchev–Trinajstić information content (AvgIpc) is 3.53. The highest BCUT2D eigenvalue weighted by Crippen LogP contribution is 2.46. The van der Waals surface area contributed by atoms with E-state index in [1.807, 2.05) is 17.9 Å². The number of carbonyl (C=O) groups excluding carboxylic acids is 1. The number of aliphatic hydroxyl groups is 1. The molecule has 2 heterocycles. The van der Waals surface area contributed by atoms with Crippen LogP contribution in [-0.2, 0) is 4.79 Å². The standard InChI is InChI=1S/C22H32N2O4/c1-3-15(12-25)21(26)24-13-22(14-24)10-8-17(9-11-22)28-19-7-6-18(16-4-5-16)20(23-19)27-2/h6-7,15-17,25H,3-5,8-14H2,1-2H3/t15-/m1/s1. The maximum Gasteiger partial charge on any atom is 0.228 e. The van der Waals surface area contributed by atoms with E-state index in [2.05, 4.69) is 11.1 Å². The largest absolute Gasteiger partial charge is 0.481 e. The fourth-order valence-corrected chi connectivity index (χ4v) is 4.74. The van der Waals surface area contributed by atoms with Gasteiger partial charge in [-0.1, -0.05) is 6.92 Å². The highest BCUT2D eigenvalue weighted by atomic mass is 16.5. The van der Waals surface area contributed by atoms with Crippen molar-refractivity contribution in [3.05, 3.63) is 17.7 Å². The van der Waals surface area contributed by atoms with Crippen LogP contribution in [-0.4, -0.2) is 53.8 Å². The van der Waals surface area contributed by atoms with Crippen molar-refractivity contribution >= 4 is 5.91 Å². The van der Waals surface area contributed by atoms with Gasteiger partial charge in [0.1, 0.15) is 6.10 Å². The lowest BCUT2D eigenvalue weighted by Gasteiger charge is -2.54. The first-order chi connectivity index (χ1) is 13.6. The molecule has 1 saturated heterocycles. The number of methoxy groups -OCH3 is 1. The molecule has 1 atom stereocenters. The van der Waals surface area contributed by atoms with E-state index in [-0.39, 0.29) is 30.0 Å². The molecular weight excluding hydrogens is 356 g/mol. The second kappa shape index (κ2) is 7.90. The molecule has 0 radical (unpaired) electrons. The molecule has 1 aliphatic heterocycles. The van der Waals surface area contributed by atoms with E-state index >= 15 is 0 Å². The fraction of sp³-hybridized carbons (Fsp3) is 0.727. The molecule has 0 bridgehead atoms. The number of ether oxygens (including phenoxy) is 2. The van der Waals surface area contributed by atoms with Gasteiger partial charge in [-0.05, 0) is 56.9 Å². The Bertz CT molecular complexity index is 698. The normalized spacial score (nSPS) is 22.6. The first kappa shape index (κ1) is 19.5. The highest BCUT2D eigenvalue weighted by molar-refractivity contribution is 5.80. The van der Waals surface area contributed by atoms with Crippen LogP contribution in [0.15, 0.2) is 12.1 Å². The summed E-state index contributed by atoms with van der Waals surface area (Å²) < 4.78 is 11.6. The summed E-state index contributed by atoms with van der Waals surface area (Å²) >= 11 is 0. The smallest absolute Gasteiger partial charge is 0.228 e. The van der Waals surface area contributed by atoms with E-state index in [0.29, 0.717) is 24.1 Å². The molecule has 6 nitrogen and oxygen atoms in total. The number of aliphatic hydroxyl groups excluding tert-OH is 1. The number of pyridine rings is 1. The van der Waals surface area contributed by atoms with Gasteiger partial charge < -0.3 is 19.5 Å². The molecule has 28 heavy (non-hydrogen) atoms. The van der Waals surface area contributed by atoms with Crippen LogP contribution < -0.4 is 9.47 Å². The Morgan fingerprint density at radius 3 is 2.57 bits per heavy atom. The Morgan fingerprint density at radius 1 is 1.29 bits per heavy atom. The van der Waals surface area contributed by atoms with Crippen molar-refractivity contribution in [2.24, 2.45) is 11.3 Å². The molecule has 1 aromatic heterocycles. The number of nitrogens with zero attached hydrogens (tertiary/aromatic N) is 2. The van der Waals surface area contributed by atoms with Gasteiger partial charge in [0.2, 0.25) is 17.7 Å². The zero-order valence-corrected chi connectivity index (χ0v) is 17.0. The summed E-state index contributed by atoms with van der Waals surface area (Å²) in [7, 11) is 1.67. The van der Waals surface area contributed by atoms with Gasteiger partial charge in [-0.2, -0.15) is 4.98 Å². The van der Waals surface area contributed by atoms with Gasteiger partial charge >= 0.3 is 0 Å². The van der Waals surface area contributed by atoms with Gasteiger partial charge in [-0.3, -0.25) is 4.79 Å². The van der Waals surface area contributed by atoms with Crippen LogP contribution >= 0.6 is 0 Å². The van der Waals surface area contributed by atoms with Gasteiger partial charge in [0.15, 0.2) is 0 Å². The number of rotatable bonds is 7. The molecule has 2 saturated carbocycles. The Hall–Kier alpha value is -1.82. The van der Waals surface area contributed by atoms with E-state index in [4.69, 9.17) is 9.47 Å². The fourth-order valence-electron chi connectivity index (χ4n) is 4.74. The SMILES string of the molecule is CC[C@H](CO)C(=O)N1CC2(CCC(Oc3ccc(C4CC4)c(OC)n3)CC2)C1. The molecule has 1 amide bonds. The van der Waals surface area contributed by atoms with Crippen LogP contribution in [0.5, 0.6) is 11.8 Å². The second-order valence-corrected chi connectivity index (χ2v) is 8.82. The predicted octanol–water partition coefficient (Wildman–Crippen LogP) is 3.14. The van der Waals surface area contributed by atoms with Crippen molar-refractivity contribution in [1.82, 2.24) is 9.88 Å². The average molecular weight is 389 g/mol. The number of aromatic nitrogens is 1.